The molecule has 1 atom stereocenters. The normalized spacial score (nSPS) is 17.6. The van der Waals surface area contributed by atoms with Crippen molar-refractivity contribution in [1.29, 1.82) is 0 Å². The lowest BCUT2D eigenvalue weighted by molar-refractivity contribution is 0.197. The lowest BCUT2D eigenvalue weighted by Gasteiger charge is -2.34. The van der Waals surface area contributed by atoms with Gasteiger partial charge in [-0.05, 0) is 17.7 Å². The standard InChI is InChI=1S/C18H20N6/c1-2-16-20-8-5-14(23-16)11-24-9-6-15-17(22-12-21-15)18(24)13-4-3-7-19-10-13/h3-5,7-8,10,12,18H,2,6,9,11H2,1H3,(H,21,22). The van der Waals surface area contributed by atoms with E-state index in [1.165, 1.54) is 5.69 Å². The van der Waals surface area contributed by atoms with E-state index < -0.39 is 0 Å². The van der Waals surface area contributed by atoms with Gasteiger partial charge in [0.1, 0.15) is 5.82 Å². The average Bonchev–Trinajstić information content (AvgIpc) is 3.11. The van der Waals surface area contributed by atoms with Crippen LogP contribution < -0.4 is 0 Å². The fourth-order valence-electron chi connectivity index (χ4n) is 3.31. The predicted octanol–water partition coefficient (Wildman–Crippen LogP) is 2.30. The van der Waals surface area contributed by atoms with E-state index in [0.717, 1.165) is 48.7 Å². The van der Waals surface area contributed by atoms with Crippen molar-refractivity contribution >= 4 is 0 Å². The largest absolute Gasteiger partial charge is 0.348 e. The highest BCUT2D eigenvalue weighted by atomic mass is 15.2. The van der Waals surface area contributed by atoms with Crippen molar-refractivity contribution in [1.82, 2.24) is 29.8 Å². The first-order chi connectivity index (χ1) is 11.8. The summed E-state index contributed by atoms with van der Waals surface area (Å²) in [6, 6.07) is 6.20. The number of nitrogens with zero attached hydrogens (tertiary/aromatic N) is 5. The molecule has 24 heavy (non-hydrogen) atoms. The smallest absolute Gasteiger partial charge is 0.128 e. The van der Waals surface area contributed by atoms with Crippen LogP contribution in [0.5, 0.6) is 0 Å². The molecule has 3 aromatic heterocycles. The number of hydrogen-bond donors (Lipinski definition) is 1. The molecule has 0 fully saturated rings. The van der Waals surface area contributed by atoms with E-state index >= 15 is 0 Å². The minimum Gasteiger partial charge on any atom is -0.348 e. The molecule has 6 nitrogen and oxygen atoms in total. The van der Waals surface area contributed by atoms with Gasteiger partial charge < -0.3 is 4.98 Å². The summed E-state index contributed by atoms with van der Waals surface area (Å²) >= 11 is 0. The molecule has 4 heterocycles. The van der Waals surface area contributed by atoms with E-state index in [0.29, 0.717) is 0 Å². The topological polar surface area (TPSA) is 70.6 Å². The van der Waals surface area contributed by atoms with Gasteiger partial charge in [0.2, 0.25) is 0 Å². The second kappa shape index (κ2) is 6.49. The molecule has 0 aliphatic carbocycles. The molecule has 0 amide bonds. The van der Waals surface area contributed by atoms with Crippen LogP contribution in [0.4, 0.5) is 0 Å². The summed E-state index contributed by atoms with van der Waals surface area (Å²) in [5.74, 6) is 0.892. The van der Waals surface area contributed by atoms with E-state index in [-0.39, 0.29) is 6.04 Å². The van der Waals surface area contributed by atoms with Gasteiger partial charge in [-0.25, -0.2) is 15.0 Å². The quantitative estimate of drug-likeness (QED) is 0.799. The number of aryl methyl sites for hydroxylation is 1. The zero-order chi connectivity index (χ0) is 16.4. The minimum absolute atomic E-state index is 0.105. The zero-order valence-corrected chi connectivity index (χ0v) is 13.7. The van der Waals surface area contributed by atoms with E-state index in [2.05, 4.69) is 42.8 Å². The summed E-state index contributed by atoms with van der Waals surface area (Å²) in [4.78, 5) is 23.5. The molecule has 1 N–H and O–H groups in total. The van der Waals surface area contributed by atoms with E-state index in [4.69, 9.17) is 0 Å². The van der Waals surface area contributed by atoms with Crippen LogP contribution in [0.2, 0.25) is 0 Å². The van der Waals surface area contributed by atoms with E-state index in [1.54, 1.807) is 12.5 Å². The first-order valence-corrected chi connectivity index (χ1v) is 8.32. The second-order valence-electron chi connectivity index (χ2n) is 5.99. The maximum Gasteiger partial charge on any atom is 0.128 e. The Bertz CT molecular complexity index is 813. The van der Waals surface area contributed by atoms with Crippen LogP contribution >= 0.6 is 0 Å². The molecule has 1 aliphatic heterocycles. The maximum absolute atomic E-state index is 4.66. The number of aromatic nitrogens is 5. The SMILES string of the molecule is CCc1nccc(CN2CCc3[nH]cnc3C2c2cccnc2)n1. The molecular weight excluding hydrogens is 300 g/mol. The molecule has 0 bridgehead atoms. The summed E-state index contributed by atoms with van der Waals surface area (Å²) in [6.07, 6.45) is 9.20. The third kappa shape index (κ3) is 2.80. The van der Waals surface area contributed by atoms with Crippen LogP contribution in [0.25, 0.3) is 0 Å². The van der Waals surface area contributed by atoms with Gasteiger partial charge in [-0.2, -0.15) is 0 Å². The predicted molar refractivity (Wildman–Crippen MR) is 90.2 cm³/mol. The van der Waals surface area contributed by atoms with Crippen molar-refractivity contribution in [3.63, 3.8) is 0 Å². The Kier molecular flexibility index (Phi) is 4.04. The number of pyridine rings is 1. The van der Waals surface area contributed by atoms with Gasteiger partial charge in [0.15, 0.2) is 0 Å². The lowest BCUT2D eigenvalue weighted by Crippen LogP contribution is -2.36. The summed E-state index contributed by atoms with van der Waals surface area (Å²) in [7, 11) is 0. The average molecular weight is 320 g/mol. The van der Waals surface area contributed by atoms with Crippen LogP contribution in [0.15, 0.2) is 43.1 Å². The van der Waals surface area contributed by atoms with E-state index in [1.807, 2.05) is 24.5 Å². The van der Waals surface area contributed by atoms with Gasteiger partial charge in [0.25, 0.3) is 0 Å². The third-order valence-electron chi connectivity index (χ3n) is 4.47. The Hall–Kier alpha value is -2.60. The van der Waals surface area contributed by atoms with Crippen LogP contribution in [0.3, 0.4) is 0 Å². The molecule has 0 aromatic carbocycles. The van der Waals surface area contributed by atoms with Crippen LogP contribution in [0, 0.1) is 0 Å². The van der Waals surface area contributed by atoms with Crippen molar-refractivity contribution in [2.45, 2.75) is 32.4 Å². The maximum atomic E-state index is 4.66. The van der Waals surface area contributed by atoms with Gasteiger partial charge in [-0.15, -0.1) is 0 Å². The van der Waals surface area contributed by atoms with Crippen LogP contribution in [0.1, 0.15) is 41.4 Å². The summed E-state index contributed by atoms with van der Waals surface area (Å²) < 4.78 is 0. The Labute approximate surface area is 141 Å². The number of rotatable bonds is 4. The molecule has 0 saturated carbocycles. The van der Waals surface area contributed by atoms with Crippen molar-refractivity contribution in [3.05, 3.63) is 71.6 Å². The third-order valence-corrected chi connectivity index (χ3v) is 4.47. The van der Waals surface area contributed by atoms with Gasteiger partial charge in [0, 0.05) is 50.2 Å². The molecular formula is C18H20N6. The van der Waals surface area contributed by atoms with Gasteiger partial charge in [0.05, 0.1) is 23.8 Å². The fourth-order valence-corrected chi connectivity index (χ4v) is 3.31. The second-order valence-corrected chi connectivity index (χ2v) is 5.99. The minimum atomic E-state index is 0.105. The molecule has 0 saturated heterocycles. The fraction of sp³-hybridized carbons (Fsp3) is 0.333. The molecule has 0 spiro atoms. The Balaban J connectivity index is 1.68. The molecule has 1 unspecified atom stereocenters. The number of imidazole rings is 1. The van der Waals surface area contributed by atoms with Gasteiger partial charge >= 0.3 is 0 Å². The number of nitrogens with one attached hydrogen (secondary N) is 1. The molecule has 1 aliphatic rings. The summed E-state index contributed by atoms with van der Waals surface area (Å²) in [5.41, 5.74) is 4.53. The highest BCUT2D eigenvalue weighted by molar-refractivity contribution is 5.31. The molecule has 3 aromatic rings. The number of H-pyrrole nitrogens is 1. The highest BCUT2D eigenvalue weighted by Gasteiger charge is 2.31. The lowest BCUT2D eigenvalue weighted by atomic mass is 9.96. The number of fused-ring (bicyclic) bond motifs is 1. The van der Waals surface area contributed by atoms with Crippen molar-refractivity contribution in [3.8, 4) is 0 Å². The zero-order valence-electron chi connectivity index (χ0n) is 13.7. The number of aromatic amines is 1. The molecule has 4 rings (SSSR count). The molecule has 0 radical (unpaired) electrons. The van der Waals surface area contributed by atoms with Crippen LogP contribution in [-0.4, -0.2) is 36.4 Å². The van der Waals surface area contributed by atoms with Gasteiger partial charge in [-0.3, -0.25) is 9.88 Å². The monoisotopic (exact) mass is 320 g/mol. The van der Waals surface area contributed by atoms with Crippen molar-refractivity contribution < 1.29 is 0 Å². The van der Waals surface area contributed by atoms with E-state index in [9.17, 15) is 0 Å². The molecule has 122 valence electrons. The highest BCUT2D eigenvalue weighted by Crippen LogP contribution is 2.33. The number of hydrogen-bond acceptors (Lipinski definition) is 5. The van der Waals surface area contributed by atoms with Gasteiger partial charge in [-0.1, -0.05) is 13.0 Å². The summed E-state index contributed by atoms with van der Waals surface area (Å²) in [6.45, 7) is 3.82. The first kappa shape index (κ1) is 15.0. The first-order valence-electron chi connectivity index (χ1n) is 8.32. The van der Waals surface area contributed by atoms with Crippen molar-refractivity contribution in [2.24, 2.45) is 0 Å². The Morgan fingerprint density at radius 1 is 1.25 bits per heavy atom. The Morgan fingerprint density at radius 2 is 2.21 bits per heavy atom. The van der Waals surface area contributed by atoms with Crippen LogP contribution in [-0.2, 0) is 19.4 Å². The summed E-state index contributed by atoms with van der Waals surface area (Å²) in [5, 5.41) is 0. The Morgan fingerprint density at radius 3 is 3.04 bits per heavy atom. The molecule has 6 heteroatoms. The van der Waals surface area contributed by atoms with Crippen molar-refractivity contribution in [2.75, 3.05) is 6.54 Å².